The van der Waals surface area contributed by atoms with Crippen molar-refractivity contribution in [1.82, 2.24) is 14.7 Å². The number of ketones is 2. The first-order valence-corrected chi connectivity index (χ1v) is 24.9. The average Bonchev–Trinajstić information content (AvgIpc) is 3.76. The van der Waals surface area contributed by atoms with Gasteiger partial charge in [-0.3, -0.25) is 28.7 Å². The van der Waals surface area contributed by atoms with Crippen LogP contribution in [-0.4, -0.2) is 94.6 Å². The third-order valence-corrected chi connectivity index (χ3v) is 13.4. The van der Waals surface area contributed by atoms with Gasteiger partial charge in [-0.1, -0.05) is 113 Å². The Balaban J connectivity index is 0.000000261. The van der Waals surface area contributed by atoms with E-state index in [0.29, 0.717) is 63.6 Å². The summed E-state index contributed by atoms with van der Waals surface area (Å²) in [5.74, 6) is -0.906. The Kier molecular flexibility index (Phi) is 21.8. The summed E-state index contributed by atoms with van der Waals surface area (Å²) >= 11 is 12.0. The van der Waals surface area contributed by atoms with E-state index in [1.54, 1.807) is 95.7 Å². The highest BCUT2D eigenvalue weighted by atomic mass is 35.5. The Bertz CT molecular complexity index is 2790. The van der Waals surface area contributed by atoms with Crippen molar-refractivity contribution in [3.8, 4) is 17.2 Å². The molecule has 0 radical (unpaired) electrons. The maximum absolute atomic E-state index is 13.1. The number of hydrogen-bond acceptors (Lipinski definition) is 12. The molecule has 0 bridgehead atoms. The SMILES string of the molecule is CC1(C)CNC(=O)C1OCc1ccccc1.CCOC(=O)C(O)C(C)(C)CCC(=O)c1cc(Cl)ccc1OC.COc1ccc(Cl)cc1C(=O)CCC(C)(C)C(O)C(=O)Nc1c(C)n(C)n(-c2ccccc2)c1=O. The smallest absolute Gasteiger partial charge is 0.335 e. The molecule has 1 aliphatic heterocycles. The number of esters is 1. The summed E-state index contributed by atoms with van der Waals surface area (Å²) in [6.45, 7) is 15.7. The van der Waals surface area contributed by atoms with Crippen LogP contribution in [0.1, 0.15) is 106 Å². The van der Waals surface area contributed by atoms with Crippen molar-refractivity contribution in [3.05, 3.63) is 140 Å². The molecule has 6 rings (SSSR count). The predicted molar refractivity (Wildman–Crippen MR) is 286 cm³/mol. The number of carbonyl (C=O) groups excluding carboxylic acids is 5. The quantitative estimate of drug-likeness (QED) is 0.0424. The van der Waals surface area contributed by atoms with Gasteiger partial charge in [-0.25, -0.2) is 9.48 Å². The summed E-state index contributed by atoms with van der Waals surface area (Å²) in [5.41, 5.74) is 0.857. The summed E-state index contributed by atoms with van der Waals surface area (Å²) in [6.07, 6.45) is -2.32. The van der Waals surface area contributed by atoms with Crippen LogP contribution < -0.4 is 25.7 Å². The van der Waals surface area contributed by atoms with E-state index < -0.39 is 40.5 Å². The first kappa shape index (κ1) is 60.3. The molecular formula is C56H70Cl2N4O12. The van der Waals surface area contributed by atoms with Gasteiger partial charge in [-0.2, -0.15) is 0 Å². The van der Waals surface area contributed by atoms with Gasteiger partial charge in [0.2, 0.25) is 5.91 Å². The van der Waals surface area contributed by atoms with Crippen molar-refractivity contribution in [2.45, 2.75) is 106 Å². The summed E-state index contributed by atoms with van der Waals surface area (Å²) < 4.78 is 24.0. The van der Waals surface area contributed by atoms with Gasteiger partial charge in [0, 0.05) is 52.7 Å². The predicted octanol–water partition coefficient (Wildman–Crippen LogP) is 9.12. The molecule has 18 heteroatoms. The number of methoxy groups -OCH3 is 2. The standard InChI is InChI=1S/C26H30ClN3O5.C17H23ClO5.C13H17NO2/c1-16-22(25(34)30(29(16)4)18-9-7-6-8-10-18)28-24(33)23(32)26(2,3)14-13-20(31)19-15-17(27)11-12-21(19)35-5;1-5-23-16(21)15(20)17(2,3)9-8-13(19)12-10-11(18)6-7-14(12)22-4;1-13(2)9-14-12(15)11(13)16-8-10-6-4-3-5-7-10/h6-12,15,23,32H,13-14H2,1-5H3,(H,28,33);6-7,10,15,20H,5,8-9H2,1-4H3;3-7,11H,8-9H2,1-2H3,(H,14,15). The van der Waals surface area contributed by atoms with Crippen LogP contribution in [0.4, 0.5) is 5.69 Å². The molecule has 1 aromatic heterocycles. The normalized spacial score (nSPS) is 14.7. The number of anilines is 1. The minimum atomic E-state index is -1.46. The van der Waals surface area contributed by atoms with Crippen LogP contribution in [0, 0.1) is 23.2 Å². The van der Waals surface area contributed by atoms with Gasteiger partial charge in [0.25, 0.3) is 11.5 Å². The largest absolute Gasteiger partial charge is 0.496 e. The molecule has 2 amide bonds. The molecule has 16 nitrogen and oxygen atoms in total. The second-order valence-corrected chi connectivity index (χ2v) is 20.8. The van der Waals surface area contributed by atoms with Gasteiger partial charge in [-0.15, -0.1) is 0 Å². The Morgan fingerprint density at radius 2 is 1.27 bits per heavy atom. The van der Waals surface area contributed by atoms with Crippen LogP contribution in [0.3, 0.4) is 0 Å². The molecule has 1 fully saturated rings. The molecule has 3 unspecified atom stereocenters. The lowest BCUT2D eigenvalue weighted by atomic mass is 9.80. The number of benzene rings is 4. The molecule has 74 heavy (non-hydrogen) atoms. The first-order chi connectivity index (χ1) is 34.8. The zero-order valence-electron chi connectivity index (χ0n) is 44.0. The maximum Gasteiger partial charge on any atom is 0.335 e. The zero-order chi connectivity index (χ0) is 55.1. The van der Waals surface area contributed by atoms with E-state index in [4.69, 9.17) is 42.1 Å². The van der Waals surface area contributed by atoms with Crippen LogP contribution in [0.15, 0.2) is 102 Å². The van der Waals surface area contributed by atoms with Crippen LogP contribution in [0.2, 0.25) is 10.0 Å². The number of ether oxygens (including phenoxy) is 4. The number of halogens is 2. The highest BCUT2D eigenvalue weighted by molar-refractivity contribution is 6.31. The van der Waals surface area contributed by atoms with Gasteiger partial charge in [-0.05, 0) is 80.8 Å². The summed E-state index contributed by atoms with van der Waals surface area (Å²) in [7, 11) is 4.67. The van der Waals surface area contributed by atoms with Crippen molar-refractivity contribution in [3.63, 3.8) is 0 Å². The van der Waals surface area contributed by atoms with Crippen LogP contribution in [0.25, 0.3) is 5.69 Å². The van der Waals surface area contributed by atoms with E-state index in [2.05, 4.69) is 10.6 Å². The molecule has 400 valence electrons. The fourth-order valence-electron chi connectivity index (χ4n) is 7.92. The van der Waals surface area contributed by atoms with Crippen LogP contribution in [0.5, 0.6) is 11.5 Å². The van der Waals surface area contributed by atoms with E-state index >= 15 is 0 Å². The summed E-state index contributed by atoms with van der Waals surface area (Å²) in [6, 6.07) is 28.6. The van der Waals surface area contributed by atoms with E-state index in [9.17, 15) is 39.0 Å². The van der Waals surface area contributed by atoms with Crippen molar-refractivity contribution >= 4 is 58.2 Å². The maximum atomic E-state index is 13.1. The number of hydrogen-bond donors (Lipinski definition) is 4. The third-order valence-electron chi connectivity index (χ3n) is 12.9. The van der Waals surface area contributed by atoms with E-state index in [0.717, 1.165) is 5.56 Å². The highest BCUT2D eigenvalue weighted by Crippen LogP contribution is 2.33. The lowest BCUT2D eigenvalue weighted by Gasteiger charge is -2.29. The van der Waals surface area contributed by atoms with E-state index in [-0.39, 0.29) is 60.5 Å². The zero-order valence-corrected chi connectivity index (χ0v) is 45.6. The fraction of sp³-hybridized carbons (Fsp3) is 0.429. The van der Waals surface area contributed by atoms with Crippen molar-refractivity contribution < 1.29 is 53.1 Å². The van der Waals surface area contributed by atoms with Crippen molar-refractivity contribution in [2.24, 2.45) is 23.3 Å². The molecule has 0 saturated carbocycles. The number of aliphatic hydroxyl groups is 2. The third kappa shape index (κ3) is 15.9. The number of aliphatic hydroxyl groups excluding tert-OH is 2. The molecule has 1 aliphatic rings. The lowest BCUT2D eigenvalue weighted by molar-refractivity contribution is -0.159. The number of Topliss-reactive ketones (excluding diaryl/α,β-unsaturated/α-hetero) is 2. The Morgan fingerprint density at radius 3 is 1.73 bits per heavy atom. The molecule has 0 spiro atoms. The fourth-order valence-corrected chi connectivity index (χ4v) is 8.26. The van der Waals surface area contributed by atoms with Crippen molar-refractivity contribution in [1.29, 1.82) is 0 Å². The summed E-state index contributed by atoms with van der Waals surface area (Å²) in [4.78, 5) is 74.4. The first-order valence-electron chi connectivity index (χ1n) is 24.1. The van der Waals surface area contributed by atoms with E-state index in [1.807, 2.05) is 62.4 Å². The van der Waals surface area contributed by atoms with Crippen LogP contribution >= 0.6 is 23.2 Å². The van der Waals surface area contributed by atoms with Crippen molar-refractivity contribution in [2.75, 3.05) is 32.7 Å². The molecule has 0 aliphatic carbocycles. The van der Waals surface area contributed by atoms with Gasteiger partial charge in [0.1, 0.15) is 29.4 Å². The van der Waals surface area contributed by atoms with Gasteiger partial charge in [0.05, 0.1) is 49.9 Å². The molecule has 3 atom stereocenters. The van der Waals surface area contributed by atoms with Crippen LogP contribution in [-0.2, 0) is 37.5 Å². The number of rotatable bonds is 20. The molecule has 1 saturated heterocycles. The number of carbonyl (C=O) groups is 5. The topological polar surface area (TPSA) is 214 Å². The lowest BCUT2D eigenvalue weighted by Crippen LogP contribution is -2.41. The molecule has 4 aromatic carbocycles. The Morgan fingerprint density at radius 1 is 0.784 bits per heavy atom. The number of aromatic nitrogens is 2. The second-order valence-electron chi connectivity index (χ2n) is 19.9. The van der Waals surface area contributed by atoms with Gasteiger partial charge in [0.15, 0.2) is 17.7 Å². The number of amides is 2. The van der Waals surface area contributed by atoms with Gasteiger partial charge >= 0.3 is 5.97 Å². The summed E-state index contributed by atoms with van der Waals surface area (Å²) in [5, 5.41) is 27.2. The number of nitrogens with one attached hydrogen (secondary N) is 2. The Hall–Kier alpha value is -6.30. The molecular weight excluding hydrogens is 992 g/mol. The van der Waals surface area contributed by atoms with Gasteiger partial charge < -0.3 is 39.8 Å². The Labute approximate surface area is 443 Å². The minimum absolute atomic E-state index is 0.000862. The minimum Gasteiger partial charge on any atom is -0.496 e. The number of nitrogens with zero attached hydrogens (tertiary/aromatic N) is 2. The second kappa shape index (κ2) is 26.8. The molecule has 2 heterocycles. The highest BCUT2D eigenvalue weighted by Gasteiger charge is 2.42. The molecule has 4 N–H and O–H groups in total. The number of para-hydroxylation sites is 1. The molecule has 5 aromatic rings. The average molecular weight is 1060 g/mol. The van der Waals surface area contributed by atoms with E-state index in [1.165, 1.54) is 25.0 Å². The monoisotopic (exact) mass is 1060 g/mol.